The molecule has 0 unspecified atom stereocenters. The maximum absolute atomic E-state index is 4.38. The zero-order chi connectivity index (χ0) is 19.0. The summed E-state index contributed by atoms with van der Waals surface area (Å²) in [6, 6.07) is 11.4. The number of nitrogens with zero attached hydrogens (tertiary/aromatic N) is 2. The molecular weight excluding hydrogens is 316 g/mol. The van der Waals surface area contributed by atoms with Crippen LogP contribution in [0.2, 0.25) is 0 Å². The fourth-order valence-electron chi connectivity index (χ4n) is 4.38. The lowest BCUT2D eigenvalue weighted by Gasteiger charge is -2.25. The highest BCUT2D eigenvalue weighted by Gasteiger charge is 2.23. The Bertz CT molecular complexity index is 930. The predicted molar refractivity (Wildman–Crippen MR) is 110 cm³/mol. The number of aromatic nitrogens is 2. The number of fused-ring (bicyclic) bond motifs is 1. The average molecular weight is 348 g/mol. The van der Waals surface area contributed by atoms with E-state index in [1.54, 1.807) is 0 Å². The van der Waals surface area contributed by atoms with Gasteiger partial charge in [-0.15, -0.1) is 0 Å². The number of pyridine rings is 2. The average Bonchev–Trinajstić information content (AvgIpc) is 2.56. The van der Waals surface area contributed by atoms with Crippen molar-refractivity contribution in [2.45, 2.75) is 47.5 Å². The molecule has 1 aromatic carbocycles. The topological polar surface area (TPSA) is 16.8 Å². The Kier molecular flexibility index (Phi) is 5.13. The Hall–Kier alpha value is -2.22. The first-order valence-corrected chi connectivity index (χ1v) is 9.65. The van der Waals surface area contributed by atoms with E-state index in [4.69, 9.17) is 0 Å². The van der Waals surface area contributed by atoms with Crippen LogP contribution in [0.4, 0.5) is 0 Å². The first kappa shape index (κ1) is 18.6. The molecule has 0 N–H and O–H groups in total. The van der Waals surface area contributed by atoms with Crippen LogP contribution in [0.5, 0.6) is 0 Å². The van der Waals surface area contributed by atoms with E-state index in [0.29, 0.717) is 17.8 Å². The summed E-state index contributed by atoms with van der Waals surface area (Å²) in [4.78, 5) is 4.38. The van der Waals surface area contributed by atoms with Gasteiger partial charge in [0.05, 0.1) is 10.9 Å². The highest BCUT2D eigenvalue weighted by Crippen LogP contribution is 2.35. The van der Waals surface area contributed by atoms with Gasteiger partial charge in [0.25, 0.3) is 0 Å². The number of hydrogen-bond acceptors (Lipinski definition) is 1. The van der Waals surface area contributed by atoms with Crippen LogP contribution in [0.25, 0.3) is 22.0 Å². The number of rotatable bonds is 4. The van der Waals surface area contributed by atoms with Gasteiger partial charge in [-0.1, -0.05) is 39.8 Å². The van der Waals surface area contributed by atoms with Crippen molar-refractivity contribution in [3.05, 3.63) is 59.5 Å². The van der Waals surface area contributed by atoms with Crippen molar-refractivity contribution in [1.82, 2.24) is 4.98 Å². The highest BCUT2D eigenvalue weighted by atomic mass is 14.9. The Labute approximate surface area is 157 Å². The van der Waals surface area contributed by atoms with Gasteiger partial charge in [0, 0.05) is 25.4 Å². The minimum Gasteiger partial charge on any atom is -0.264 e. The van der Waals surface area contributed by atoms with E-state index < -0.39 is 0 Å². The van der Waals surface area contributed by atoms with Gasteiger partial charge < -0.3 is 0 Å². The van der Waals surface area contributed by atoms with Crippen LogP contribution in [0, 0.1) is 25.7 Å². The van der Waals surface area contributed by atoms with E-state index in [2.05, 4.69) is 88.5 Å². The largest absolute Gasteiger partial charge is 0.264 e. The molecule has 3 aromatic rings. The van der Waals surface area contributed by atoms with Gasteiger partial charge in [-0.05, 0) is 53.3 Å². The molecule has 0 fully saturated rings. The van der Waals surface area contributed by atoms with E-state index in [-0.39, 0.29) is 0 Å². The van der Waals surface area contributed by atoms with E-state index in [1.165, 1.54) is 38.9 Å². The smallest absolute Gasteiger partial charge is 0.222 e. The summed E-state index contributed by atoms with van der Waals surface area (Å²) in [5, 5.41) is 2.62. The van der Waals surface area contributed by atoms with E-state index in [1.807, 2.05) is 12.4 Å². The van der Waals surface area contributed by atoms with Crippen molar-refractivity contribution in [3.8, 4) is 11.3 Å². The Balaban J connectivity index is 2.28. The maximum atomic E-state index is 4.38. The normalized spacial score (nSPS) is 11.9. The third-order valence-corrected chi connectivity index (χ3v) is 5.68. The molecule has 3 rings (SSSR count). The Morgan fingerprint density at radius 3 is 2.23 bits per heavy atom. The van der Waals surface area contributed by atoms with Crippen LogP contribution in [0.3, 0.4) is 0 Å². The quantitative estimate of drug-likeness (QED) is 0.550. The molecule has 136 valence electrons. The molecule has 0 amide bonds. The monoisotopic (exact) mass is 347 g/mol. The second-order valence-corrected chi connectivity index (χ2v) is 8.24. The van der Waals surface area contributed by atoms with Crippen molar-refractivity contribution in [3.63, 3.8) is 0 Å². The lowest BCUT2D eigenvalue weighted by atomic mass is 9.79. The number of aryl methyl sites for hydroxylation is 2. The summed E-state index contributed by atoms with van der Waals surface area (Å²) in [5.41, 5.74) is 6.43. The van der Waals surface area contributed by atoms with Crippen LogP contribution in [0.15, 0.2) is 42.7 Å². The van der Waals surface area contributed by atoms with Gasteiger partial charge in [-0.25, -0.2) is 0 Å². The predicted octanol–water partition coefficient (Wildman–Crippen LogP) is 5.74. The van der Waals surface area contributed by atoms with Gasteiger partial charge >= 0.3 is 0 Å². The third-order valence-electron chi connectivity index (χ3n) is 5.68. The summed E-state index contributed by atoms with van der Waals surface area (Å²) < 4.78 is 2.29. The highest BCUT2D eigenvalue weighted by molar-refractivity contribution is 5.94. The minimum atomic E-state index is 0.581. The van der Waals surface area contributed by atoms with Crippen molar-refractivity contribution in [1.29, 1.82) is 0 Å². The molecule has 2 aromatic heterocycles. The van der Waals surface area contributed by atoms with Crippen LogP contribution >= 0.6 is 0 Å². The van der Waals surface area contributed by atoms with Gasteiger partial charge in [0.1, 0.15) is 7.05 Å². The second-order valence-electron chi connectivity index (χ2n) is 8.24. The van der Waals surface area contributed by atoms with Crippen LogP contribution in [0.1, 0.15) is 50.4 Å². The van der Waals surface area contributed by atoms with Gasteiger partial charge in [0.2, 0.25) is 5.69 Å². The Morgan fingerprint density at radius 1 is 0.923 bits per heavy atom. The van der Waals surface area contributed by atoms with Crippen molar-refractivity contribution < 1.29 is 4.57 Å². The summed E-state index contributed by atoms with van der Waals surface area (Å²) in [5.74, 6) is 1.85. The third kappa shape index (κ3) is 3.25. The van der Waals surface area contributed by atoms with Crippen LogP contribution in [-0.4, -0.2) is 4.98 Å². The molecule has 26 heavy (non-hydrogen) atoms. The van der Waals surface area contributed by atoms with Crippen molar-refractivity contribution in [2.24, 2.45) is 18.9 Å². The molecule has 0 spiro atoms. The molecule has 0 aliphatic carbocycles. The van der Waals surface area contributed by atoms with Crippen molar-refractivity contribution >= 4 is 10.8 Å². The maximum Gasteiger partial charge on any atom is 0.222 e. The van der Waals surface area contributed by atoms with Crippen molar-refractivity contribution in [2.75, 3.05) is 0 Å². The fraction of sp³-hybridized carbons (Fsp3) is 0.417. The first-order chi connectivity index (χ1) is 12.3. The number of hydrogen-bond donors (Lipinski definition) is 0. The second kappa shape index (κ2) is 7.19. The fourth-order valence-corrected chi connectivity index (χ4v) is 4.38. The van der Waals surface area contributed by atoms with Gasteiger partial charge in [-0.3, -0.25) is 4.98 Å². The zero-order valence-corrected chi connectivity index (χ0v) is 17.2. The molecule has 0 aliphatic rings. The standard InChI is InChI=1S/C24H31N2/c1-15(2)23(16(3)4)19-8-9-21-20(13-19)12-18(6)26(7)24(21)22-14-25-11-10-17(22)5/h8-16,23H,1-7H3/q+1. The molecule has 0 radical (unpaired) electrons. The SMILES string of the molecule is Cc1ccncc1-c1c2ccc(C(C(C)C)C(C)C)cc2cc(C)[n+]1C. The number of benzene rings is 1. The molecule has 2 heterocycles. The lowest BCUT2D eigenvalue weighted by molar-refractivity contribution is -0.665. The molecule has 0 aliphatic heterocycles. The minimum absolute atomic E-state index is 0.581. The lowest BCUT2D eigenvalue weighted by Crippen LogP contribution is -2.35. The van der Waals surface area contributed by atoms with E-state index >= 15 is 0 Å². The molecule has 0 saturated carbocycles. The molecular formula is C24H31N2+. The summed E-state index contributed by atoms with van der Waals surface area (Å²) in [6.07, 6.45) is 3.85. The molecule has 2 nitrogen and oxygen atoms in total. The zero-order valence-electron chi connectivity index (χ0n) is 17.2. The molecule has 0 saturated heterocycles. The summed E-state index contributed by atoms with van der Waals surface area (Å²) in [7, 11) is 2.15. The van der Waals surface area contributed by atoms with Gasteiger partial charge in [0.15, 0.2) is 5.69 Å². The Morgan fingerprint density at radius 2 is 1.62 bits per heavy atom. The molecule has 0 bridgehead atoms. The van der Waals surface area contributed by atoms with E-state index in [0.717, 1.165) is 0 Å². The van der Waals surface area contributed by atoms with Crippen LogP contribution < -0.4 is 4.57 Å². The summed E-state index contributed by atoms with van der Waals surface area (Å²) >= 11 is 0. The molecule has 0 atom stereocenters. The van der Waals surface area contributed by atoms with Gasteiger partial charge in [-0.2, -0.15) is 4.57 Å². The van der Waals surface area contributed by atoms with Crippen LogP contribution in [-0.2, 0) is 7.05 Å². The molecule has 2 heteroatoms. The summed E-state index contributed by atoms with van der Waals surface area (Å²) in [6.45, 7) is 13.7. The van der Waals surface area contributed by atoms with E-state index in [9.17, 15) is 0 Å². The first-order valence-electron chi connectivity index (χ1n) is 9.65.